The van der Waals surface area contributed by atoms with Crippen molar-refractivity contribution in [2.75, 3.05) is 43.3 Å². The number of aromatic nitrogens is 1. The Hall–Kier alpha value is -3.02. The number of hydrogen-bond acceptors (Lipinski definition) is 7. The van der Waals surface area contributed by atoms with E-state index >= 15 is 0 Å². The van der Waals surface area contributed by atoms with Gasteiger partial charge >= 0.3 is 0 Å². The summed E-state index contributed by atoms with van der Waals surface area (Å²) in [6, 6.07) is 12.9. The molecule has 1 aliphatic heterocycles. The topological polar surface area (TPSA) is 107 Å². The molecule has 186 valence electrons. The molecule has 0 saturated heterocycles. The molecular formula is C24H27N3O6S2. The van der Waals surface area contributed by atoms with Crippen molar-refractivity contribution in [2.24, 2.45) is 4.99 Å². The standard InChI is InChI=1S/C24H27N3O6S2/c1-3-33-13-12-27-20-9-8-18(32-2)14-21(20)34-24(27)25-22(28)15-35(30,31)16-23(29)26-11-10-17-6-4-5-7-19(17)26/h4-9,14H,3,10-13,15-16H2,1-2H3. The van der Waals surface area contributed by atoms with Gasteiger partial charge in [-0.05, 0) is 43.2 Å². The number of anilines is 1. The third-order valence-electron chi connectivity index (χ3n) is 5.65. The van der Waals surface area contributed by atoms with Gasteiger partial charge in [0.25, 0.3) is 5.91 Å². The first kappa shape index (κ1) is 25.1. The van der Waals surface area contributed by atoms with Gasteiger partial charge in [-0.2, -0.15) is 4.99 Å². The largest absolute Gasteiger partial charge is 0.497 e. The fourth-order valence-corrected chi connectivity index (χ4v) is 6.20. The van der Waals surface area contributed by atoms with Gasteiger partial charge in [-0.15, -0.1) is 0 Å². The maximum absolute atomic E-state index is 12.7. The van der Waals surface area contributed by atoms with Crippen molar-refractivity contribution in [3.63, 3.8) is 0 Å². The van der Waals surface area contributed by atoms with E-state index in [0.29, 0.717) is 43.3 Å². The van der Waals surface area contributed by atoms with Crippen LogP contribution < -0.4 is 14.4 Å². The minimum atomic E-state index is -4.00. The highest BCUT2D eigenvalue weighted by molar-refractivity contribution is 7.92. The summed E-state index contributed by atoms with van der Waals surface area (Å²) < 4.78 is 38.8. The zero-order valence-electron chi connectivity index (χ0n) is 19.6. The van der Waals surface area contributed by atoms with Gasteiger partial charge in [0.05, 0.1) is 23.9 Å². The molecule has 0 atom stereocenters. The number of hydrogen-bond donors (Lipinski definition) is 0. The Labute approximate surface area is 207 Å². The van der Waals surface area contributed by atoms with Gasteiger partial charge < -0.3 is 18.9 Å². The Morgan fingerprint density at radius 2 is 1.94 bits per heavy atom. The summed E-state index contributed by atoms with van der Waals surface area (Å²) in [6.07, 6.45) is 0.675. The van der Waals surface area contributed by atoms with E-state index in [1.165, 1.54) is 16.2 Å². The van der Waals surface area contributed by atoms with E-state index in [1.54, 1.807) is 13.2 Å². The molecule has 11 heteroatoms. The van der Waals surface area contributed by atoms with Crippen molar-refractivity contribution in [1.82, 2.24) is 4.57 Å². The first-order valence-corrected chi connectivity index (χ1v) is 13.9. The lowest BCUT2D eigenvalue weighted by atomic mass is 10.2. The monoisotopic (exact) mass is 517 g/mol. The number of nitrogens with zero attached hydrogens (tertiary/aromatic N) is 3. The van der Waals surface area contributed by atoms with E-state index in [0.717, 1.165) is 21.5 Å². The maximum atomic E-state index is 12.7. The maximum Gasteiger partial charge on any atom is 0.263 e. The van der Waals surface area contributed by atoms with E-state index < -0.39 is 33.2 Å². The van der Waals surface area contributed by atoms with E-state index in [4.69, 9.17) is 9.47 Å². The van der Waals surface area contributed by atoms with Gasteiger partial charge in [-0.3, -0.25) is 9.59 Å². The molecule has 0 fully saturated rings. The van der Waals surface area contributed by atoms with Crippen LogP contribution in [0.4, 0.5) is 5.69 Å². The normalized spacial score (nSPS) is 13.9. The Balaban J connectivity index is 1.53. The van der Waals surface area contributed by atoms with E-state index in [1.807, 2.05) is 47.9 Å². The van der Waals surface area contributed by atoms with Gasteiger partial charge in [-0.25, -0.2) is 8.42 Å². The van der Waals surface area contributed by atoms with Crippen LogP contribution >= 0.6 is 11.3 Å². The minimum absolute atomic E-state index is 0.368. The number of carbonyl (C=O) groups excluding carboxylic acids is 2. The third kappa shape index (κ3) is 5.80. The Kier molecular flexibility index (Phi) is 7.68. The summed E-state index contributed by atoms with van der Waals surface area (Å²) in [5, 5.41) is 0. The second kappa shape index (κ2) is 10.7. The van der Waals surface area contributed by atoms with Crippen molar-refractivity contribution in [2.45, 2.75) is 19.9 Å². The van der Waals surface area contributed by atoms with Gasteiger partial charge in [0, 0.05) is 25.4 Å². The van der Waals surface area contributed by atoms with Crippen molar-refractivity contribution in [3.05, 3.63) is 52.8 Å². The number of fused-ring (bicyclic) bond motifs is 2. The fraction of sp³-hybridized carbons (Fsp3) is 0.375. The van der Waals surface area contributed by atoms with E-state index in [2.05, 4.69) is 4.99 Å². The molecule has 1 aliphatic rings. The summed E-state index contributed by atoms with van der Waals surface area (Å²) in [4.78, 5) is 31.3. The summed E-state index contributed by atoms with van der Waals surface area (Å²) in [5.74, 6) is -2.27. The number of rotatable bonds is 9. The van der Waals surface area contributed by atoms with Gasteiger partial charge in [0.1, 0.15) is 17.3 Å². The zero-order chi connectivity index (χ0) is 25.0. The van der Waals surface area contributed by atoms with Crippen LogP contribution in [0, 0.1) is 0 Å². The number of benzene rings is 2. The Morgan fingerprint density at radius 1 is 1.14 bits per heavy atom. The quantitative estimate of drug-likeness (QED) is 0.403. The van der Waals surface area contributed by atoms with Crippen molar-refractivity contribution in [1.29, 1.82) is 0 Å². The highest BCUT2D eigenvalue weighted by Crippen LogP contribution is 2.27. The zero-order valence-corrected chi connectivity index (χ0v) is 21.2. The molecule has 0 N–H and O–H groups in total. The molecular weight excluding hydrogens is 490 g/mol. The number of amides is 2. The molecule has 0 spiro atoms. The second-order valence-electron chi connectivity index (χ2n) is 8.03. The van der Waals surface area contributed by atoms with Crippen LogP contribution in [0.2, 0.25) is 0 Å². The Bertz CT molecular complexity index is 1420. The summed E-state index contributed by atoms with van der Waals surface area (Å²) in [5.41, 5.74) is 2.56. The average Bonchev–Trinajstić information content (AvgIpc) is 3.39. The summed E-state index contributed by atoms with van der Waals surface area (Å²) >= 11 is 1.26. The van der Waals surface area contributed by atoms with Crippen LogP contribution in [0.3, 0.4) is 0 Å². The molecule has 1 aromatic heterocycles. The molecule has 0 aliphatic carbocycles. The average molecular weight is 518 g/mol. The Morgan fingerprint density at radius 3 is 2.71 bits per heavy atom. The minimum Gasteiger partial charge on any atom is -0.497 e. The molecule has 35 heavy (non-hydrogen) atoms. The molecule has 0 saturated carbocycles. The van der Waals surface area contributed by atoms with Crippen LogP contribution in [-0.2, 0) is 37.1 Å². The molecule has 2 heterocycles. The lowest BCUT2D eigenvalue weighted by Gasteiger charge is -2.17. The molecule has 3 aromatic rings. The highest BCUT2D eigenvalue weighted by Gasteiger charge is 2.29. The number of thiazole rings is 1. The van der Waals surface area contributed by atoms with Crippen molar-refractivity contribution in [3.8, 4) is 5.75 Å². The third-order valence-corrected chi connectivity index (χ3v) is 8.06. The first-order valence-electron chi connectivity index (χ1n) is 11.2. The molecule has 2 aromatic carbocycles. The lowest BCUT2D eigenvalue weighted by molar-refractivity contribution is -0.116. The molecule has 0 radical (unpaired) electrons. The number of methoxy groups -OCH3 is 1. The summed E-state index contributed by atoms with van der Waals surface area (Å²) in [7, 11) is -2.43. The van der Waals surface area contributed by atoms with Gasteiger partial charge in [-0.1, -0.05) is 29.5 Å². The van der Waals surface area contributed by atoms with Crippen LogP contribution in [0.1, 0.15) is 12.5 Å². The molecule has 4 rings (SSSR count). The predicted octanol–water partition coefficient (Wildman–Crippen LogP) is 2.18. The highest BCUT2D eigenvalue weighted by atomic mass is 32.2. The predicted molar refractivity (Wildman–Crippen MR) is 135 cm³/mol. The van der Waals surface area contributed by atoms with Gasteiger partial charge in [0.2, 0.25) is 5.91 Å². The first-order chi connectivity index (χ1) is 16.8. The number of carbonyl (C=O) groups is 2. The number of sulfone groups is 1. The fourth-order valence-electron chi connectivity index (χ4n) is 4.02. The molecule has 2 amide bonds. The van der Waals surface area contributed by atoms with Crippen LogP contribution in [0.15, 0.2) is 47.5 Å². The second-order valence-corrected chi connectivity index (χ2v) is 11.1. The smallest absolute Gasteiger partial charge is 0.263 e. The molecule has 0 bridgehead atoms. The van der Waals surface area contributed by atoms with Gasteiger partial charge in [0.15, 0.2) is 14.6 Å². The molecule has 9 nitrogen and oxygen atoms in total. The number of ether oxygens (including phenoxy) is 2. The van der Waals surface area contributed by atoms with E-state index in [9.17, 15) is 18.0 Å². The van der Waals surface area contributed by atoms with E-state index in [-0.39, 0.29) is 0 Å². The lowest BCUT2D eigenvalue weighted by Crippen LogP contribution is -2.36. The molecule has 0 unspecified atom stereocenters. The van der Waals surface area contributed by atoms with Crippen molar-refractivity contribution >= 4 is 48.9 Å². The van der Waals surface area contributed by atoms with Crippen molar-refractivity contribution < 1.29 is 27.5 Å². The van der Waals surface area contributed by atoms with Crippen LogP contribution in [0.5, 0.6) is 5.75 Å². The SMILES string of the molecule is CCOCCn1c(=NC(=O)CS(=O)(=O)CC(=O)N2CCc3ccccc32)sc2cc(OC)ccc21. The van der Waals surface area contributed by atoms with Crippen LogP contribution in [-0.4, -0.2) is 63.2 Å². The summed E-state index contributed by atoms with van der Waals surface area (Å²) in [6.45, 7) is 3.74. The number of para-hydroxylation sites is 1. The van der Waals surface area contributed by atoms with Crippen LogP contribution in [0.25, 0.3) is 10.2 Å².